The van der Waals surface area contributed by atoms with E-state index in [2.05, 4.69) is 32.7 Å². The molecule has 5 aromatic rings. The number of anilines is 1. The van der Waals surface area contributed by atoms with Gasteiger partial charge in [-0.05, 0) is 25.5 Å². The van der Waals surface area contributed by atoms with Crippen LogP contribution in [0.15, 0.2) is 77.3 Å². The highest BCUT2D eigenvalue weighted by atomic mass is 32.2. The summed E-state index contributed by atoms with van der Waals surface area (Å²) >= 11 is 2.96. The fraction of sp³-hybridized carbons (Fsp3) is 0.160. The van der Waals surface area contributed by atoms with E-state index in [0.717, 1.165) is 21.3 Å². The minimum Gasteiger partial charge on any atom is -0.296 e. The van der Waals surface area contributed by atoms with Gasteiger partial charge in [-0.3, -0.25) is 10.1 Å². The molecular weight excluding hydrogens is 464 g/mol. The van der Waals surface area contributed by atoms with E-state index in [9.17, 15) is 4.79 Å². The first-order valence-electron chi connectivity index (χ1n) is 10.8. The van der Waals surface area contributed by atoms with Crippen LogP contribution in [0.1, 0.15) is 35.8 Å². The molecule has 2 aromatic carbocycles. The number of nitrogens with one attached hydrogen (secondary N) is 1. The van der Waals surface area contributed by atoms with Crippen LogP contribution in [-0.2, 0) is 5.75 Å². The molecule has 170 valence electrons. The summed E-state index contributed by atoms with van der Waals surface area (Å²) in [6.07, 6.45) is 1.70. The Labute approximate surface area is 205 Å². The molecule has 0 saturated carbocycles. The first-order chi connectivity index (χ1) is 16.6. The quantitative estimate of drug-likeness (QED) is 0.222. The smallest absolute Gasteiger partial charge is 0.258 e. The van der Waals surface area contributed by atoms with Gasteiger partial charge in [0.05, 0.1) is 22.8 Å². The van der Waals surface area contributed by atoms with Gasteiger partial charge < -0.3 is 0 Å². The van der Waals surface area contributed by atoms with Crippen molar-refractivity contribution in [2.75, 3.05) is 5.32 Å². The number of aromatic nitrogens is 5. The van der Waals surface area contributed by atoms with Crippen LogP contribution in [0.4, 0.5) is 5.13 Å². The van der Waals surface area contributed by atoms with E-state index in [1.54, 1.807) is 18.0 Å². The van der Waals surface area contributed by atoms with Crippen molar-refractivity contribution in [3.63, 3.8) is 0 Å². The minimum atomic E-state index is -0.261. The maximum Gasteiger partial charge on any atom is 0.258 e. The molecule has 0 spiro atoms. The maximum atomic E-state index is 13.3. The molecule has 1 amide bonds. The van der Waals surface area contributed by atoms with Crippen LogP contribution in [0.5, 0.6) is 0 Å². The summed E-state index contributed by atoms with van der Waals surface area (Å²) < 4.78 is 2.64. The predicted octanol–water partition coefficient (Wildman–Crippen LogP) is 6.08. The number of pyridine rings is 1. The van der Waals surface area contributed by atoms with Crippen molar-refractivity contribution in [1.82, 2.24) is 25.0 Å². The molecule has 0 fully saturated rings. The van der Waals surface area contributed by atoms with Crippen molar-refractivity contribution in [1.29, 1.82) is 0 Å². The van der Waals surface area contributed by atoms with Crippen molar-refractivity contribution < 1.29 is 4.79 Å². The Hall–Kier alpha value is -3.56. The number of fused-ring (bicyclic) bond motifs is 1. The van der Waals surface area contributed by atoms with E-state index in [1.807, 2.05) is 73.1 Å². The number of benzene rings is 2. The number of rotatable bonds is 7. The van der Waals surface area contributed by atoms with E-state index in [1.165, 1.54) is 16.9 Å². The SMILES string of the molecule is CC(C)n1ncc2c(C(=O)Nc3nnc(SCc4ccccc4)s3)cc(-c3ccccc3)nc21. The molecule has 0 saturated heterocycles. The topological polar surface area (TPSA) is 85.6 Å². The number of hydrogen-bond acceptors (Lipinski definition) is 7. The first kappa shape index (κ1) is 22.2. The maximum absolute atomic E-state index is 13.3. The summed E-state index contributed by atoms with van der Waals surface area (Å²) in [6, 6.07) is 21.9. The fourth-order valence-electron chi connectivity index (χ4n) is 3.54. The number of hydrogen-bond donors (Lipinski definition) is 1. The molecule has 0 aliphatic carbocycles. The summed E-state index contributed by atoms with van der Waals surface area (Å²) in [6.45, 7) is 4.08. The second kappa shape index (κ2) is 9.74. The number of nitrogens with zero attached hydrogens (tertiary/aromatic N) is 5. The summed E-state index contributed by atoms with van der Waals surface area (Å²) in [4.78, 5) is 18.2. The Morgan fingerprint density at radius 1 is 1.06 bits per heavy atom. The molecular formula is C25H22N6OS2. The molecule has 0 aliphatic rings. The highest BCUT2D eigenvalue weighted by Gasteiger charge is 2.20. The summed E-state index contributed by atoms with van der Waals surface area (Å²) in [7, 11) is 0. The Kier molecular flexibility index (Phi) is 6.37. The first-order valence-corrected chi connectivity index (χ1v) is 12.6. The Morgan fingerprint density at radius 3 is 2.53 bits per heavy atom. The molecule has 0 radical (unpaired) electrons. The van der Waals surface area contributed by atoms with Gasteiger partial charge in [0.15, 0.2) is 9.99 Å². The average Bonchev–Trinajstić information content (AvgIpc) is 3.50. The molecule has 5 rings (SSSR count). The predicted molar refractivity (Wildman–Crippen MR) is 137 cm³/mol. The Morgan fingerprint density at radius 2 is 1.79 bits per heavy atom. The fourth-order valence-corrected chi connectivity index (χ4v) is 5.25. The Balaban J connectivity index is 1.42. The van der Waals surface area contributed by atoms with Gasteiger partial charge in [0.25, 0.3) is 5.91 Å². The van der Waals surface area contributed by atoms with E-state index >= 15 is 0 Å². The molecule has 3 heterocycles. The van der Waals surface area contributed by atoms with Gasteiger partial charge >= 0.3 is 0 Å². The number of carbonyl (C=O) groups is 1. The molecule has 1 N–H and O–H groups in total. The van der Waals surface area contributed by atoms with Crippen molar-refractivity contribution in [2.24, 2.45) is 0 Å². The third-order valence-corrected chi connectivity index (χ3v) is 7.25. The van der Waals surface area contributed by atoms with Gasteiger partial charge in [-0.25, -0.2) is 9.67 Å². The van der Waals surface area contributed by atoms with E-state index in [0.29, 0.717) is 21.7 Å². The zero-order valence-electron chi connectivity index (χ0n) is 18.7. The molecule has 0 atom stereocenters. The van der Waals surface area contributed by atoms with Crippen molar-refractivity contribution in [3.05, 3.63) is 84.1 Å². The standard InChI is InChI=1S/C25H22N6OS2/c1-16(2)31-22-20(14-26-31)19(13-21(27-22)18-11-7-4-8-12-18)23(32)28-24-29-30-25(34-24)33-15-17-9-5-3-6-10-17/h3-14,16H,15H2,1-2H3,(H,28,29,32). The van der Waals surface area contributed by atoms with Crippen LogP contribution >= 0.6 is 23.1 Å². The second-order valence-corrected chi connectivity index (χ2v) is 10.1. The molecule has 0 unspecified atom stereocenters. The summed E-state index contributed by atoms with van der Waals surface area (Å²) in [5, 5.41) is 16.9. The second-order valence-electron chi connectivity index (χ2n) is 7.94. The van der Waals surface area contributed by atoms with Gasteiger partial charge in [0, 0.05) is 17.4 Å². The minimum absolute atomic E-state index is 0.110. The third-order valence-electron chi connectivity index (χ3n) is 5.20. The van der Waals surface area contributed by atoms with Crippen molar-refractivity contribution >= 4 is 45.2 Å². The lowest BCUT2D eigenvalue weighted by atomic mass is 10.1. The molecule has 0 aliphatic heterocycles. The van der Waals surface area contributed by atoms with E-state index in [-0.39, 0.29) is 11.9 Å². The van der Waals surface area contributed by atoms with Gasteiger partial charge in [-0.15, -0.1) is 10.2 Å². The monoisotopic (exact) mass is 486 g/mol. The van der Waals surface area contributed by atoms with Gasteiger partial charge in [-0.1, -0.05) is 83.8 Å². The largest absolute Gasteiger partial charge is 0.296 e. The molecule has 7 nitrogen and oxygen atoms in total. The summed E-state index contributed by atoms with van der Waals surface area (Å²) in [5.41, 5.74) is 4.05. The Bertz CT molecular complexity index is 1430. The van der Waals surface area contributed by atoms with Gasteiger partial charge in [0.1, 0.15) is 0 Å². The van der Waals surface area contributed by atoms with E-state index < -0.39 is 0 Å². The lowest BCUT2D eigenvalue weighted by Crippen LogP contribution is -2.13. The lowest BCUT2D eigenvalue weighted by molar-refractivity contribution is 0.102. The third kappa shape index (κ3) is 4.71. The van der Waals surface area contributed by atoms with Gasteiger partial charge in [0.2, 0.25) is 5.13 Å². The van der Waals surface area contributed by atoms with Crippen LogP contribution in [0, 0.1) is 0 Å². The molecule has 3 aromatic heterocycles. The molecule has 0 bridgehead atoms. The van der Waals surface area contributed by atoms with Gasteiger partial charge in [-0.2, -0.15) is 5.10 Å². The van der Waals surface area contributed by atoms with Crippen LogP contribution in [-0.4, -0.2) is 30.9 Å². The zero-order valence-corrected chi connectivity index (χ0v) is 20.3. The van der Waals surface area contributed by atoms with Crippen LogP contribution in [0.2, 0.25) is 0 Å². The highest BCUT2D eigenvalue weighted by Crippen LogP contribution is 2.30. The average molecular weight is 487 g/mol. The lowest BCUT2D eigenvalue weighted by Gasteiger charge is -2.10. The number of thioether (sulfide) groups is 1. The highest BCUT2D eigenvalue weighted by molar-refractivity contribution is 8.00. The van der Waals surface area contributed by atoms with Crippen LogP contribution in [0.3, 0.4) is 0 Å². The molecule has 34 heavy (non-hydrogen) atoms. The number of carbonyl (C=O) groups excluding carboxylic acids is 1. The normalized spacial score (nSPS) is 11.3. The summed E-state index contributed by atoms with van der Waals surface area (Å²) in [5.74, 6) is 0.534. The van der Waals surface area contributed by atoms with Crippen LogP contribution in [0.25, 0.3) is 22.3 Å². The van der Waals surface area contributed by atoms with Crippen molar-refractivity contribution in [3.8, 4) is 11.3 Å². The zero-order chi connectivity index (χ0) is 23.5. The van der Waals surface area contributed by atoms with E-state index in [4.69, 9.17) is 4.98 Å². The number of amides is 1. The van der Waals surface area contributed by atoms with Crippen molar-refractivity contribution in [2.45, 2.75) is 30.0 Å². The van der Waals surface area contributed by atoms with Crippen LogP contribution < -0.4 is 5.32 Å². The molecule has 9 heteroatoms.